The second kappa shape index (κ2) is 7.40. The maximum atomic E-state index is 12.2. The number of ether oxygens (including phenoxy) is 1. The van der Waals surface area contributed by atoms with Crippen molar-refractivity contribution in [3.63, 3.8) is 0 Å². The topological polar surface area (TPSA) is 80.3 Å². The van der Waals surface area contributed by atoms with Crippen molar-refractivity contribution >= 4 is 55.9 Å². The first-order chi connectivity index (χ1) is 13.6. The molecule has 4 rings (SSSR count). The fourth-order valence-electron chi connectivity index (χ4n) is 2.87. The molecule has 0 unspecified atom stereocenters. The van der Waals surface area contributed by atoms with Crippen molar-refractivity contribution in [3.8, 4) is 0 Å². The van der Waals surface area contributed by atoms with E-state index in [4.69, 9.17) is 9.15 Å². The lowest BCUT2D eigenvalue weighted by Gasteiger charge is -2.13. The fourth-order valence-corrected chi connectivity index (χ4v) is 3.89. The third-order valence-electron chi connectivity index (χ3n) is 4.12. The number of azo groups is 1. The summed E-state index contributed by atoms with van der Waals surface area (Å²) in [5.74, 6) is -0.338. The highest BCUT2D eigenvalue weighted by Gasteiger charge is 2.17. The average molecular weight is 394 g/mol. The number of para-hydroxylation sites is 2. The Balaban J connectivity index is 1.77. The second-order valence-electron chi connectivity index (χ2n) is 6.24. The van der Waals surface area contributed by atoms with Crippen molar-refractivity contribution in [2.45, 2.75) is 6.92 Å². The van der Waals surface area contributed by atoms with Gasteiger partial charge in [-0.05, 0) is 37.3 Å². The van der Waals surface area contributed by atoms with Gasteiger partial charge in [0.25, 0.3) is 0 Å². The first-order valence-electron chi connectivity index (χ1n) is 8.75. The Bertz CT molecular complexity index is 1160. The zero-order valence-corrected chi connectivity index (χ0v) is 16.5. The van der Waals surface area contributed by atoms with Crippen LogP contribution in [0.1, 0.15) is 16.6 Å². The summed E-state index contributed by atoms with van der Waals surface area (Å²) < 4.78 is 11.6. The fraction of sp³-hybridized carbons (Fsp3) is 0.200. The zero-order chi connectivity index (χ0) is 19.7. The van der Waals surface area contributed by atoms with E-state index in [-0.39, 0.29) is 12.0 Å². The standard InChI is InChI=1S/C20H18N4O3S/c1-4-26-19(25)17-11-12-15(24(2)3)10-9-14(18(12)28-17)22-23-20-21-13-7-5-6-8-16(13)27-20/h5-11H,4H2,1-3H3. The van der Waals surface area contributed by atoms with E-state index in [1.54, 1.807) is 6.92 Å². The van der Waals surface area contributed by atoms with E-state index in [9.17, 15) is 4.79 Å². The Kier molecular flexibility index (Phi) is 4.79. The molecule has 0 saturated heterocycles. The molecule has 0 spiro atoms. The van der Waals surface area contributed by atoms with E-state index in [0.717, 1.165) is 21.3 Å². The molecule has 142 valence electrons. The number of esters is 1. The number of nitrogens with zero attached hydrogens (tertiary/aromatic N) is 4. The number of anilines is 1. The molecule has 0 amide bonds. The molecular formula is C20H18N4O3S. The van der Waals surface area contributed by atoms with Crippen LogP contribution in [0.4, 0.5) is 17.4 Å². The predicted molar refractivity (Wildman–Crippen MR) is 110 cm³/mol. The van der Waals surface area contributed by atoms with Gasteiger partial charge in [0, 0.05) is 25.2 Å². The van der Waals surface area contributed by atoms with Gasteiger partial charge in [-0.1, -0.05) is 17.2 Å². The molecule has 2 heterocycles. The van der Waals surface area contributed by atoms with Gasteiger partial charge in [0.1, 0.15) is 16.1 Å². The van der Waals surface area contributed by atoms with Gasteiger partial charge < -0.3 is 14.1 Å². The summed E-state index contributed by atoms with van der Waals surface area (Å²) in [4.78, 5) is 19.0. The third-order valence-corrected chi connectivity index (χ3v) is 5.26. The van der Waals surface area contributed by atoms with Gasteiger partial charge in [0.15, 0.2) is 5.58 Å². The molecule has 8 heteroatoms. The normalized spacial score (nSPS) is 11.5. The lowest BCUT2D eigenvalue weighted by atomic mass is 10.2. The maximum absolute atomic E-state index is 12.2. The number of benzene rings is 2. The number of fused-ring (bicyclic) bond motifs is 2. The van der Waals surface area contributed by atoms with Gasteiger partial charge in [-0.25, -0.2) is 4.79 Å². The summed E-state index contributed by atoms with van der Waals surface area (Å²) >= 11 is 1.34. The van der Waals surface area contributed by atoms with Gasteiger partial charge >= 0.3 is 12.0 Å². The van der Waals surface area contributed by atoms with Crippen LogP contribution in [0.5, 0.6) is 0 Å². The third kappa shape index (κ3) is 3.34. The molecule has 0 bridgehead atoms. The van der Waals surface area contributed by atoms with Crippen LogP contribution in [0.3, 0.4) is 0 Å². The molecule has 0 radical (unpaired) electrons. The first-order valence-corrected chi connectivity index (χ1v) is 9.56. The summed E-state index contributed by atoms with van der Waals surface area (Å²) in [6.07, 6.45) is 0. The number of rotatable bonds is 5. The predicted octanol–water partition coefficient (Wildman–Crippen LogP) is 5.70. The minimum absolute atomic E-state index is 0.188. The molecule has 2 aromatic heterocycles. The summed E-state index contributed by atoms with van der Waals surface area (Å²) in [6, 6.07) is 13.3. The van der Waals surface area contributed by atoms with E-state index in [0.29, 0.717) is 22.8 Å². The number of thiophene rings is 1. The number of carbonyl (C=O) groups is 1. The van der Waals surface area contributed by atoms with Crippen LogP contribution in [0.2, 0.25) is 0 Å². The Morgan fingerprint density at radius 2 is 2.04 bits per heavy atom. The van der Waals surface area contributed by atoms with Crippen molar-refractivity contribution in [1.29, 1.82) is 0 Å². The first kappa shape index (κ1) is 18.1. The molecule has 0 aliphatic heterocycles. The highest BCUT2D eigenvalue weighted by molar-refractivity contribution is 7.21. The van der Waals surface area contributed by atoms with Gasteiger partial charge in [-0.3, -0.25) is 0 Å². The van der Waals surface area contributed by atoms with Crippen LogP contribution in [-0.4, -0.2) is 31.7 Å². The SMILES string of the molecule is CCOC(=O)c1cc2c(N(C)C)ccc(N=Nc3nc4ccccc4o3)c2s1. The zero-order valence-electron chi connectivity index (χ0n) is 15.7. The number of hydrogen-bond acceptors (Lipinski definition) is 8. The van der Waals surface area contributed by atoms with E-state index < -0.39 is 0 Å². The summed E-state index contributed by atoms with van der Waals surface area (Å²) in [6.45, 7) is 2.12. The van der Waals surface area contributed by atoms with Crippen LogP contribution < -0.4 is 4.90 Å². The van der Waals surface area contributed by atoms with E-state index in [1.807, 2.05) is 61.5 Å². The molecular weight excluding hydrogens is 376 g/mol. The van der Waals surface area contributed by atoms with Gasteiger partial charge in [-0.2, -0.15) is 4.98 Å². The number of oxazole rings is 1. The van der Waals surface area contributed by atoms with E-state index >= 15 is 0 Å². The number of hydrogen-bond donors (Lipinski definition) is 0. The van der Waals surface area contributed by atoms with Crippen LogP contribution in [0.25, 0.3) is 21.2 Å². The van der Waals surface area contributed by atoms with Gasteiger partial charge in [0.05, 0.1) is 11.3 Å². The quantitative estimate of drug-likeness (QED) is 0.320. The molecule has 0 aliphatic carbocycles. The molecule has 0 fully saturated rings. The van der Waals surface area contributed by atoms with Gasteiger partial charge in [0.2, 0.25) is 0 Å². The Labute approximate surface area is 165 Å². The van der Waals surface area contributed by atoms with E-state index in [2.05, 4.69) is 15.2 Å². The largest absolute Gasteiger partial charge is 0.462 e. The minimum Gasteiger partial charge on any atom is -0.462 e. The van der Waals surface area contributed by atoms with Crippen LogP contribution in [0, 0.1) is 0 Å². The molecule has 0 aliphatic rings. The van der Waals surface area contributed by atoms with Crippen LogP contribution in [0.15, 0.2) is 57.1 Å². The summed E-state index contributed by atoms with van der Waals surface area (Å²) in [5, 5.41) is 9.40. The average Bonchev–Trinajstić information content (AvgIpc) is 3.30. The molecule has 4 aromatic rings. The molecule has 0 saturated carbocycles. The minimum atomic E-state index is -0.338. The highest BCUT2D eigenvalue weighted by atomic mass is 32.1. The van der Waals surface area contributed by atoms with Gasteiger partial charge in [-0.15, -0.1) is 16.5 Å². The molecule has 0 atom stereocenters. The molecule has 7 nitrogen and oxygen atoms in total. The second-order valence-corrected chi connectivity index (χ2v) is 7.29. The van der Waals surface area contributed by atoms with Crippen LogP contribution >= 0.6 is 11.3 Å². The number of carbonyl (C=O) groups excluding carboxylic acids is 1. The summed E-state index contributed by atoms with van der Waals surface area (Å²) in [5.41, 5.74) is 3.02. The van der Waals surface area contributed by atoms with Crippen molar-refractivity contribution in [1.82, 2.24) is 4.98 Å². The lowest BCUT2D eigenvalue weighted by molar-refractivity contribution is 0.0532. The Hall–Kier alpha value is -3.26. The van der Waals surface area contributed by atoms with E-state index in [1.165, 1.54) is 11.3 Å². The van der Waals surface area contributed by atoms with Crippen LogP contribution in [-0.2, 0) is 4.74 Å². The van der Waals surface area contributed by atoms with Crippen molar-refractivity contribution in [2.24, 2.45) is 10.2 Å². The maximum Gasteiger partial charge on any atom is 0.348 e. The Morgan fingerprint density at radius 1 is 1.21 bits per heavy atom. The molecule has 28 heavy (non-hydrogen) atoms. The monoisotopic (exact) mass is 394 g/mol. The number of aromatic nitrogens is 1. The molecule has 2 aromatic carbocycles. The smallest absolute Gasteiger partial charge is 0.348 e. The summed E-state index contributed by atoms with van der Waals surface area (Å²) in [7, 11) is 3.91. The van der Waals surface area contributed by atoms with Crippen molar-refractivity contribution in [3.05, 3.63) is 47.3 Å². The van der Waals surface area contributed by atoms with Crippen molar-refractivity contribution < 1.29 is 13.9 Å². The highest BCUT2D eigenvalue weighted by Crippen LogP contribution is 2.40. The lowest BCUT2D eigenvalue weighted by Crippen LogP contribution is -2.08. The molecule has 0 N–H and O–H groups in total. The Morgan fingerprint density at radius 3 is 2.79 bits per heavy atom. The van der Waals surface area contributed by atoms with Crippen molar-refractivity contribution in [2.75, 3.05) is 25.6 Å².